The van der Waals surface area contributed by atoms with Gasteiger partial charge in [-0.25, -0.2) is 0 Å². The van der Waals surface area contributed by atoms with Gasteiger partial charge in [-0.2, -0.15) is 0 Å². The number of aliphatic hydroxyl groups is 8. The summed E-state index contributed by atoms with van der Waals surface area (Å²) >= 11 is 0. The van der Waals surface area contributed by atoms with E-state index in [9.17, 15) is 45.3 Å². The molecule has 3 saturated heterocycles. The van der Waals surface area contributed by atoms with E-state index >= 15 is 0 Å². The number of carbonyl (C=O) groups excluding carboxylic acids is 2. The summed E-state index contributed by atoms with van der Waals surface area (Å²) in [6.07, 6.45) is -10.3. The molecule has 1 aromatic rings. The quantitative estimate of drug-likeness (QED) is 0.0813. The van der Waals surface area contributed by atoms with Gasteiger partial charge in [0.25, 0.3) is 0 Å². The molecule has 2 aliphatic carbocycles. The molecule has 0 amide bonds. The molecule has 17 heteroatoms. The van der Waals surface area contributed by atoms with Gasteiger partial charge in [-0.05, 0) is 44.1 Å². The lowest BCUT2D eigenvalue weighted by atomic mass is 9.53. The Morgan fingerprint density at radius 1 is 0.900 bits per heavy atom. The number of rotatable bonds is 6. The maximum atomic E-state index is 11.7. The van der Waals surface area contributed by atoms with Crippen LogP contribution in [0.4, 0.5) is 0 Å². The Balaban J connectivity index is 0.000000176. The molecule has 0 unspecified atom stereocenters. The first-order valence-corrected chi connectivity index (χ1v) is 16.6. The van der Waals surface area contributed by atoms with Crippen LogP contribution in [0.2, 0.25) is 0 Å². The molecule has 1 aromatic carbocycles. The minimum atomic E-state index is -1.74. The molecule has 0 aromatic heterocycles. The Bertz CT molecular complexity index is 1450. The number of likely N-dealkylation sites (N-methyl/N-ethyl adjacent to an activating group) is 1. The van der Waals surface area contributed by atoms with Crippen LogP contribution < -0.4 is 9.47 Å². The molecule has 0 saturated carbocycles. The van der Waals surface area contributed by atoms with Crippen LogP contribution in [0.15, 0.2) is 24.3 Å². The topological polar surface area (TPSA) is 255 Å². The fourth-order valence-corrected chi connectivity index (χ4v) is 8.31. The third kappa shape index (κ3) is 6.22. The van der Waals surface area contributed by atoms with Crippen LogP contribution in [0.25, 0.3) is 0 Å². The standard InChI is InChI=1S/C21H23NO5.C12H22O11/c1-11(23)25-16-6-4-13-10-15-14-5-7-17(26-12(2)24)20-21(14,8-9-22(15)3)18(13)19(16)27-20;13-1-3-5(15)6(16)9(19)12(22-3)23-10-4(2-14)21-11(20)8(18)7(10)17/h4-7,14-15,17,20H,8-10H2,1-3H3;3-20H,1-2H2/t14-,15+,17-,20-,21-;3-,4-,5+,6+,7-,8-,9-,10-,11-,12+/m01/s1. The predicted octanol–water partition coefficient (Wildman–Crippen LogP) is -3.41. The lowest BCUT2D eigenvalue weighted by molar-refractivity contribution is -0.355. The average Bonchev–Trinajstić information content (AvgIpc) is 3.43. The van der Waals surface area contributed by atoms with Crippen molar-refractivity contribution in [1.29, 1.82) is 0 Å². The number of hydrogen-bond donors (Lipinski definition) is 8. The van der Waals surface area contributed by atoms with Crippen molar-refractivity contribution in [2.24, 2.45) is 5.92 Å². The van der Waals surface area contributed by atoms with Crippen molar-refractivity contribution >= 4 is 11.9 Å². The third-order valence-corrected chi connectivity index (χ3v) is 10.6. The second kappa shape index (κ2) is 14.3. The highest BCUT2D eigenvalue weighted by atomic mass is 16.7. The number of esters is 2. The number of nitrogens with zero attached hydrogens (tertiary/aromatic N) is 1. The summed E-state index contributed by atoms with van der Waals surface area (Å²) in [6.45, 7) is 2.43. The van der Waals surface area contributed by atoms with Gasteiger partial charge in [0.1, 0.15) is 54.9 Å². The average molecular weight is 712 g/mol. The Labute approximate surface area is 287 Å². The molecule has 7 rings (SSSR count). The zero-order chi connectivity index (χ0) is 36.2. The molecule has 15 atom stereocenters. The fourth-order valence-electron chi connectivity index (χ4n) is 8.31. The van der Waals surface area contributed by atoms with E-state index in [0.717, 1.165) is 24.9 Å². The zero-order valence-electron chi connectivity index (χ0n) is 27.7. The van der Waals surface area contributed by atoms with Gasteiger partial charge in [0.15, 0.2) is 30.2 Å². The van der Waals surface area contributed by atoms with Crippen molar-refractivity contribution in [1.82, 2.24) is 4.90 Å². The van der Waals surface area contributed by atoms with Gasteiger partial charge < -0.3 is 74.2 Å². The Morgan fingerprint density at radius 3 is 2.28 bits per heavy atom. The molecule has 3 fully saturated rings. The van der Waals surface area contributed by atoms with Gasteiger partial charge in [-0.15, -0.1) is 0 Å². The van der Waals surface area contributed by atoms with Crippen molar-refractivity contribution in [2.45, 2.75) is 112 Å². The molecular formula is C33H45NO16. The highest BCUT2D eigenvalue weighted by Crippen LogP contribution is 2.62. The largest absolute Gasteiger partial charge is 0.481 e. The lowest BCUT2D eigenvalue weighted by Crippen LogP contribution is -2.65. The van der Waals surface area contributed by atoms with Crippen LogP contribution in [0.3, 0.4) is 0 Å². The lowest BCUT2D eigenvalue weighted by Gasteiger charge is -2.56. The molecular weight excluding hydrogens is 666 g/mol. The number of benzene rings is 1. The van der Waals surface area contributed by atoms with Crippen molar-refractivity contribution in [3.63, 3.8) is 0 Å². The van der Waals surface area contributed by atoms with Crippen LogP contribution in [-0.2, 0) is 40.4 Å². The minimum Gasteiger partial charge on any atom is -0.481 e. The maximum absolute atomic E-state index is 11.7. The van der Waals surface area contributed by atoms with Crippen molar-refractivity contribution in [2.75, 3.05) is 26.8 Å². The second-order valence-electron chi connectivity index (χ2n) is 13.6. The van der Waals surface area contributed by atoms with Crippen LogP contribution in [0, 0.1) is 5.92 Å². The van der Waals surface area contributed by atoms with E-state index in [-0.39, 0.29) is 29.4 Å². The summed E-state index contributed by atoms with van der Waals surface area (Å²) in [6, 6.07) is 4.28. The number of carbonyl (C=O) groups is 2. The number of ether oxygens (including phenoxy) is 6. The summed E-state index contributed by atoms with van der Waals surface area (Å²) < 4.78 is 32.8. The minimum absolute atomic E-state index is 0.245. The van der Waals surface area contributed by atoms with Crippen LogP contribution in [0.1, 0.15) is 31.4 Å². The Kier molecular flexibility index (Phi) is 10.6. The van der Waals surface area contributed by atoms with E-state index in [4.69, 9.17) is 33.5 Å². The van der Waals surface area contributed by atoms with Crippen molar-refractivity contribution < 1.29 is 78.9 Å². The SMILES string of the molecule is CC(=O)Oc1ccc2c3c1O[C@H]1[C@@H](OC(C)=O)C=C[C@H]4[C@@H](C2)N(C)CC[C@@]341.OC[C@H]1O[C@@H](O[C@H]2[C@H](O)[C@@H](O)[C@H](O)O[C@@H]2CO)[C@H](O)[C@@H](O)[C@H]1O. The zero-order valence-corrected chi connectivity index (χ0v) is 27.7. The normalized spacial score (nSPS) is 42.8. The number of hydrogen-bond acceptors (Lipinski definition) is 17. The second-order valence-corrected chi connectivity index (χ2v) is 13.6. The smallest absolute Gasteiger partial charge is 0.308 e. The Morgan fingerprint density at radius 2 is 1.62 bits per heavy atom. The molecule has 6 aliphatic rings. The number of aliphatic hydroxyl groups excluding tert-OH is 8. The van der Waals surface area contributed by atoms with Crippen LogP contribution in [-0.4, -0.2) is 164 Å². The van der Waals surface area contributed by atoms with E-state index in [0.29, 0.717) is 17.5 Å². The summed E-state index contributed by atoms with van der Waals surface area (Å²) in [5.74, 6) is 0.712. The molecule has 4 heterocycles. The van der Waals surface area contributed by atoms with E-state index in [1.165, 1.54) is 19.4 Å². The summed E-state index contributed by atoms with van der Waals surface area (Å²) in [5, 5.41) is 76.5. The Hall–Kier alpha value is -2.78. The molecule has 4 aliphatic heterocycles. The number of likely N-dealkylation sites (tertiary alicyclic amines) is 1. The molecule has 0 radical (unpaired) electrons. The van der Waals surface area contributed by atoms with Crippen LogP contribution in [0.5, 0.6) is 11.5 Å². The molecule has 17 nitrogen and oxygen atoms in total. The van der Waals surface area contributed by atoms with E-state index in [1.807, 2.05) is 12.1 Å². The maximum Gasteiger partial charge on any atom is 0.308 e. The monoisotopic (exact) mass is 711 g/mol. The molecule has 2 bridgehead atoms. The van der Waals surface area contributed by atoms with Gasteiger partial charge in [-0.1, -0.05) is 12.1 Å². The first kappa shape index (κ1) is 37.0. The summed E-state index contributed by atoms with van der Waals surface area (Å²) in [7, 11) is 2.17. The third-order valence-electron chi connectivity index (χ3n) is 10.6. The van der Waals surface area contributed by atoms with Crippen LogP contribution >= 0.6 is 0 Å². The fraction of sp³-hybridized carbons (Fsp3) is 0.697. The molecule has 8 N–H and O–H groups in total. The molecule has 50 heavy (non-hydrogen) atoms. The van der Waals surface area contributed by atoms with E-state index in [1.54, 1.807) is 0 Å². The van der Waals surface area contributed by atoms with Gasteiger partial charge in [0.2, 0.25) is 0 Å². The highest BCUT2D eigenvalue weighted by molar-refractivity contribution is 5.73. The van der Waals surface area contributed by atoms with Gasteiger partial charge in [-0.3, -0.25) is 9.59 Å². The first-order chi connectivity index (χ1) is 23.7. The first-order valence-electron chi connectivity index (χ1n) is 16.6. The van der Waals surface area contributed by atoms with Crippen molar-refractivity contribution in [3.8, 4) is 11.5 Å². The van der Waals surface area contributed by atoms with E-state index in [2.05, 4.69) is 24.1 Å². The summed E-state index contributed by atoms with van der Waals surface area (Å²) in [4.78, 5) is 25.7. The van der Waals surface area contributed by atoms with E-state index < -0.39 is 80.7 Å². The predicted molar refractivity (Wildman–Crippen MR) is 165 cm³/mol. The van der Waals surface area contributed by atoms with Gasteiger partial charge in [0, 0.05) is 36.8 Å². The number of piperidine rings is 1. The molecule has 278 valence electrons. The highest BCUT2D eigenvalue weighted by Gasteiger charge is 2.65. The summed E-state index contributed by atoms with van der Waals surface area (Å²) in [5.41, 5.74) is 2.15. The van der Waals surface area contributed by atoms with Crippen molar-refractivity contribution in [3.05, 3.63) is 35.4 Å². The van der Waals surface area contributed by atoms with Gasteiger partial charge in [0.05, 0.1) is 13.2 Å². The van der Waals surface area contributed by atoms with Gasteiger partial charge >= 0.3 is 11.9 Å². The molecule has 1 spiro atoms.